The Kier molecular flexibility index (Phi) is 4.89. The summed E-state index contributed by atoms with van der Waals surface area (Å²) < 4.78 is 5.29. The van der Waals surface area contributed by atoms with Gasteiger partial charge in [-0.05, 0) is 43.7 Å². The Morgan fingerprint density at radius 3 is 2.55 bits per heavy atom. The van der Waals surface area contributed by atoms with Crippen LogP contribution in [-0.2, 0) is 0 Å². The maximum atomic E-state index is 9.29. The number of nitriles is 1. The van der Waals surface area contributed by atoms with E-state index in [1.165, 1.54) is 32.1 Å². The lowest BCUT2D eigenvalue weighted by atomic mass is 9.84. The molecule has 1 aromatic carbocycles. The van der Waals surface area contributed by atoms with Gasteiger partial charge in [-0.25, -0.2) is 0 Å². The lowest BCUT2D eigenvalue weighted by Crippen LogP contribution is -2.35. The van der Waals surface area contributed by atoms with E-state index >= 15 is 0 Å². The summed E-state index contributed by atoms with van der Waals surface area (Å²) in [6.45, 7) is 2.28. The van der Waals surface area contributed by atoms with Crippen molar-refractivity contribution in [2.75, 3.05) is 19.1 Å². The van der Waals surface area contributed by atoms with Crippen LogP contribution in [0.15, 0.2) is 18.2 Å². The van der Waals surface area contributed by atoms with Crippen LogP contribution in [0.1, 0.15) is 44.6 Å². The van der Waals surface area contributed by atoms with Crippen molar-refractivity contribution in [2.24, 2.45) is 5.92 Å². The molecule has 2 rings (SSSR count). The van der Waals surface area contributed by atoms with Crippen LogP contribution >= 0.6 is 0 Å². The van der Waals surface area contributed by atoms with Crippen molar-refractivity contribution < 1.29 is 4.74 Å². The molecule has 1 aliphatic carbocycles. The average molecular weight is 272 g/mol. The van der Waals surface area contributed by atoms with E-state index in [-0.39, 0.29) is 0 Å². The molecular weight excluding hydrogens is 248 g/mol. The topological polar surface area (TPSA) is 36.3 Å². The molecule has 3 nitrogen and oxygen atoms in total. The number of ether oxygens (including phenoxy) is 1. The number of anilines is 1. The van der Waals surface area contributed by atoms with Gasteiger partial charge in [0.1, 0.15) is 11.8 Å². The number of methoxy groups -OCH3 is 1. The first kappa shape index (κ1) is 14.7. The Balaban J connectivity index is 2.16. The Labute approximate surface area is 122 Å². The molecule has 1 aliphatic rings. The van der Waals surface area contributed by atoms with Crippen molar-refractivity contribution in [3.8, 4) is 11.8 Å². The summed E-state index contributed by atoms with van der Waals surface area (Å²) in [5.74, 6) is 1.70. The van der Waals surface area contributed by atoms with Crippen molar-refractivity contribution in [1.29, 1.82) is 5.26 Å². The predicted octanol–water partition coefficient (Wildman–Crippen LogP) is 3.97. The largest absolute Gasteiger partial charge is 0.497 e. The monoisotopic (exact) mass is 272 g/mol. The maximum absolute atomic E-state index is 9.29. The van der Waals surface area contributed by atoms with Gasteiger partial charge in [0.25, 0.3) is 0 Å². The molecule has 0 N–H and O–H groups in total. The highest BCUT2D eigenvalue weighted by Gasteiger charge is 2.24. The summed E-state index contributed by atoms with van der Waals surface area (Å²) >= 11 is 0. The maximum Gasteiger partial charge on any atom is 0.121 e. The van der Waals surface area contributed by atoms with Crippen molar-refractivity contribution in [3.63, 3.8) is 0 Å². The van der Waals surface area contributed by atoms with Crippen LogP contribution in [0.4, 0.5) is 5.69 Å². The molecule has 0 aromatic heterocycles. The molecule has 0 saturated heterocycles. The number of rotatable bonds is 4. The van der Waals surface area contributed by atoms with Crippen molar-refractivity contribution in [1.82, 2.24) is 0 Å². The molecule has 1 saturated carbocycles. The normalized spacial score (nSPS) is 22.1. The molecule has 0 bridgehead atoms. The lowest BCUT2D eigenvalue weighted by Gasteiger charge is -2.36. The molecular formula is C17H24N2O. The zero-order chi connectivity index (χ0) is 14.5. The van der Waals surface area contributed by atoms with Gasteiger partial charge in [0.15, 0.2) is 0 Å². The molecule has 0 spiro atoms. The highest BCUT2D eigenvalue weighted by molar-refractivity contribution is 5.62. The summed E-state index contributed by atoms with van der Waals surface area (Å²) in [6.07, 6.45) is 6.34. The minimum atomic E-state index is 0.539. The SMILES string of the molecule is CCC1CCC(N(C)c2cc(OC)ccc2C#N)CC1. The van der Waals surface area contributed by atoms with E-state index in [4.69, 9.17) is 4.74 Å². The average Bonchev–Trinajstić information content (AvgIpc) is 2.53. The smallest absolute Gasteiger partial charge is 0.121 e. The Morgan fingerprint density at radius 2 is 2.00 bits per heavy atom. The first-order valence-corrected chi connectivity index (χ1v) is 7.50. The van der Waals surface area contributed by atoms with E-state index in [1.54, 1.807) is 7.11 Å². The Bertz CT molecular complexity index is 484. The second-order valence-electron chi connectivity index (χ2n) is 5.69. The molecule has 20 heavy (non-hydrogen) atoms. The van der Waals surface area contributed by atoms with Crippen LogP contribution in [0, 0.1) is 17.2 Å². The zero-order valence-corrected chi connectivity index (χ0v) is 12.7. The second kappa shape index (κ2) is 6.65. The van der Waals surface area contributed by atoms with Gasteiger partial charge in [0, 0.05) is 19.2 Å². The van der Waals surface area contributed by atoms with Crippen LogP contribution in [0.2, 0.25) is 0 Å². The fraction of sp³-hybridized carbons (Fsp3) is 0.588. The summed E-state index contributed by atoms with van der Waals surface area (Å²) in [5, 5.41) is 9.29. The number of benzene rings is 1. The van der Waals surface area contributed by atoms with Gasteiger partial charge in [0.05, 0.1) is 18.4 Å². The third-order valence-corrected chi connectivity index (χ3v) is 4.65. The Hall–Kier alpha value is -1.69. The minimum Gasteiger partial charge on any atom is -0.497 e. The minimum absolute atomic E-state index is 0.539. The van der Waals surface area contributed by atoms with E-state index in [0.29, 0.717) is 6.04 Å². The standard InChI is InChI=1S/C17H24N2O/c1-4-13-5-8-15(9-6-13)19(2)17-11-16(20-3)10-7-14(17)12-18/h7,10-11,13,15H,4-6,8-9H2,1-3H3. The zero-order valence-electron chi connectivity index (χ0n) is 12.7. The third kappa shape index (κ3) is 3.07. The molecule has 0 radical (unpaired) electrons. The molecule has 0 amide bonds. The van der Waals surface area contributed by atoms with Crippen molar-refractivity contribution in [2.45, 2.75) is 45.1 Å². The molecule has 0 aliphatic heterocycles. The third-order valence-electron chi connectivity index (χ3n) is 4.65. The van der Waals surface area contributed by atoms with E-state index in [1.807, 2.05) is 18.2 Å². The molecule has 108 valence electrons. The van der Waals surface area contributed by atoms with Gasteiger partial charge in [0.2, 0.25) is 0 Å². The molecule has 0 heterocycles. The van der Waals surface area contributed by atoms with Crippen LogP contribution in [0.5, 0.6) is 5.75 Å². The molecule has 1 fully saturated rings. The Morgan fingerprint density at radius 1 is 1.30 bits per heavy atom. The van der Waals surface area contributed by atoms with Crippen LogP contribution in [0.25, 0.3) is 0 Å². The van der Waals surface area contributed by atoms with Crippen molar-refractivity contribution in [3.05, 3.63) is 23.8 Å². The summed E-state index contributed by atoms with van der Waals surface area (Å²) in [7, 11) is 3.77. The van der Waals surface area contributed by atoms with Crippen LogP contribution in [0.3, 0.4) is 0 Å². The first-order valence-electron chi connectivity index (χ1n) is 7.50. The molecule has 1 aromatic rings. The van der Waals surface area contributed by atoms with E-state index in [9.17, 15) is 5.26 Å². The summed E-state index contributed by atoms with van der Waals surface area (Å²) in [4.78, 5) is 2.27. The van der Waals surface area contributed by atoms with Gasteiger partial charge in [-0.15, -0.1) is 0 Å². The molecule has 0 atom stereocenters. The fourth-order valence-electron chi connectivity index (χ4n) is 3.16. The van der Waals surface area contributed by atoms with Gasteiger partial charge in [-0.2, -0.15) is 5.26 Å². The number of hydrogen-bond donors (Lipinski definition) is 0. The highest BCUT2D eigenvalue weighted by Crippen LogP contribution is 2.33. The summed E-state index contributed by atoms with van der Waals surface area (Å²) in [6, 6.07) is 8.51. The number of nitrogens with zero attached hydrogens (tertiary/aromatic N) is 2. The van der Waals surface area contributed by atoms with Gasteiger partial charge in [-0.3, -0.25) is 0 Å². The molecule has 3 heteroatoms. The quantitative estimate of drug-likeness (QED) is 0.832. The lowest BCUT2D eigenvalue weighted by molar-refractivity contribution is 0.313. The van der Waals surface area contributed by atoms with E-state index in [0.717, 1.165) is 22.9 Å². The highest BCUT2D eigenvalue weighted by atomic mass is 16.5. The van der Waals surface area contributed by atoms with Crippen LogP contribution in [-0.4, -0.2) is 20.2 Å². The van der Waals surface area contributed by atoms with E-state index in [2.05, 4.69) is 24.9 Å². The van der Waals surface area contributed by atoms with Gasteiger partial charge >= 0.3 is 0 Å². The van der Waals surface area contributed by atoms with Crippen molar-refractivity contribution >= 4 is 5.69 Å². The fourth-order valence-corrected chi connectivity index (χ4v) is 3.16. The predicted molar refractivity (Wildman–Crippen MR) is 82.1 cm³/mol. The van der Waals surface area contributed by atoms with Gasteiger partial charge in [-0.1, -0.05) is 13.3 Å². The number of hydrogen-bond acceptors (Lipinski definition) is 3. The summed E-state index contributed by atoms with van der Waals surface area (Å²) in [5.41, 5.74) is 1.72. The second-order valence-corrected chi connectivity index (χ2v) is 5.69. The molecule has 0 unspecified atom stereocenters. The van der Waals surface area contributed by atoms with Gasteiger partial charge < -0.3 is 9.64 Å². The van der Waals surface area contributed by atoms with Crippen LogP contribution < -0.4 is 9.64 Å². The first-order chi connectivity index (χ1) is 9.69. The van der Waals surface area contributed by atoms with E-state index < -0.39 is 0 Å².